The van der Waals surface area contributed by atoms with Gasteiger partial charge in [0.25, 0.3) is 0 Å². The van der Waals surface area contributed by atoms with Gasteiger partial charge in [0.2, 0.25) is 0 Å². The molecule has 2 aliphatic rings. The van der Waals surface area contributed by atoms with Crippen molar-refractivity contribution in [3.05, 3.63) is 59.8 Å². The quantitative estimate of drug-likeness (QED) is 0.687. The summed E-state index contributed by atoms with van der Waals surface area (Å²) in [7, 11) is 1.39. The van der Waals surface area contributed by atoms with Crippen LogP contribution < -0.4 is 5.32 Å². The summed E-state index contributed by atoms with van der Waals surface area (Å²) in [4.78, 5) is 16.0. The Morgan fingerprint density at radius 2 is 1.97 bits per heavy atom. The molecule has 1 aromatic heterocycles. The average Bonchev–Trinajstić information content (AvgIpc) is 2.72. The monoisotopic (exact) mass is 392 g/mol. The Morgan fingerprint density at radius 3 is 2.66 bits per heavy atom. The maximum atomic E-state index is 11.6. The number of esters is 1. The van der Waals surface area contributed by atoms with E-state index in [1.165, 1.54) is 44.8 Å². The Kier molecular flexibility index (Phi) is 5.37. The highest BCUT2D eigenvalue weighted by Crippen LogP contribution is 2.57. The third-order valence-corrected chi connectivity index (χ3v) is 6.97. The van der Waals surface area contributed by atoms with Gasteiger partial charge in [0.15, 0.2) is 0 Å². The van der Waals surface area contributed by atoms with E-state index in [1.54, 1.807) is 12.3 Å². The summed E-state index contributed by atoms with van der Waals surface area (Å²) < 4.78 is 4.75. The summed E-state index contributed by atoms with van der Waals surface area (Å²) in [6, 6.07) is 14.8. The minimum atomic E-state index is -0.352. The van der Waals surface area contributed by atoms with Crippen LogP contribution in [-0.4, -0.2) is 24.6 Å². The summed E-state index contributed by atoms with van der Waals surface area (Å²) in [6.45, 7) is 5.76. The number of aromatic nitrogens is 1. The van der Waals surface area contributed by atoms with Gasteiger partial charge in [0.1, 0.15) is 5.82 Å². The lowest BCUT2D eigenvalue weighted by molar-refractivity contribution is 0.0274. The lowest BCUT2D eigenvalue weighted by atomic mass is 9.50. The van der Waals surface area contributed by atoms with Crippen LogP contribution in [0.15, 0.2) is 48.7 Å². The molecule has 154 valence electrons. The molecule has 1 heterocycles. The first kappa shape index (κ1) is 19.9. The fourth-order valence-electron chi connectivity index (χ4n) is 6.23. The number of anilines is 1. The molecular formula is C25H32N2O2. The number of ether oxygens (including phenoxy) is 1. The first-order valence-corrected chi connectivity index (χ1v) is 10.8. The summed E-state index contributed by atoms with van der Waals surface area (Å²) in [5.74, 6) is 2.04. The minimum Gasteiger partial charge on any atom is -0.465 e. The van der Waals surface area contributed by atoms with E-state index < -0.39 is 0 Å². The van der Waals surface area contributed by atoms with Crippen LogP contribution in [0.1, 0.15) is 61.9 Å². The molecule has 2 saturated carbocycles. The number of pyridine rings is 1. The molecule has 4 rings (SSSR count). The van der Waals surface area contributed by atoms with Crippen molar-refractivity contribution in [3.63, 3.8) is 0 Å². The van der Waals surface area contributed by atoms with Crippen molar-refractivity contribution in [2.45, 2.75) is 51.4 Å². The molecule has 4 unspecified atom stereocenters. The number of rotatable bonds is 5. The number of fused-ring (bicyclic) bond motifs is 2. The van der Waals surface area contributed by atoms with Gasteiger partial charge in [-0.25, -0.2) is 9.78 Å². The number of carbonyl (C=O) groups is 1. The predicted octanol–water partition coefficient (Wildman–Crippen LogP) is 5.45. The number of methoxy groups -OCH3 is 1. The number of nitrogens with one attached hydrogen (secondary N) is 1. The maximum Gasteiger partial charge on any atom is 0.339 e. The second-order valence-electron chi connectivity index (χ2n) is 9.73. The molecule has 2 aromatic rings. The van der Waals surface area contributed by atoms with E-state index in [-0.39, 0.29) is 11.4 Å². The molecule has 0 spiro atoms. The topological polar surface area (TPSA) is 51.2 Å². The lowest BCUT2D eigenvalue weighted by Crippen LogP contribution is -2.48. The highest BCUT2D eigenvalue weighted by molar-refractivity contribution is 5.89. The van der Waals surface area contributed by atoms with Crippen molar-refractivity contribution >= 4 is 11.8 Å². The first-order chi connectivity index (χ1) is 13.9. The molecule has 1 N–H and O–H groups in total. The third-order valence-electron chi connectivity index (χ3n) is 6.97. The van der Waals surface area contributed by atoms with Gasteiger partial charge >= 0.3 is 5.97 Å². The summed E-state index contributed by atoms with van der Waals surface area (Å²) in [5.41, 5.74) is 2.51. The van der Waals surface area contributed by atoms with Crippen LogP contribution >= 0.6 is 0 Å². The fraction of sp³-hybridized carbons (Fsp3) is 0.520. The van der Waals surface area contributed by atoms with Gasteiger partial charge in [-0.15, -0.1) is 0 Å². The molecule has 0 radical (unpaired) electrons. The molecule has 2 bridgehead atoms. The Morgan fingerprint density at radius 1 is 1.17 bits per heavy atom. The van der Waals surface area contributed by atoms with Crippen LogP contribution in [0, 0.1) is 17.3 Å². The zero-order valence-electron chi connectivity index (χ0n) is 17.8. The summed E-state index contributed by atoms with van der Waals surface area (Å²) in [5, 5.41) is 3.54. The van der Waals surface area contributed by atoms with E-state index in [9.17, 15) is 4.79 Å². The Balaban J connectivity index is 1.51. The Hall–Kier alpha value is -2.36. The van der Waals surface area contributed by atoms with Crippen LogP contribution in [0.25, 0.3) is 0 Å². The average molecular weight is 393 g/mol. The van der Waals surface area contributed by atoms with Crippen molar-refractivity contribution in [2.24, 2.45) is 17.3 Å². The SMILES string of the molecule is COC(=O)c1ccc(NCC2(C)CC3CC(C)CC(c4ccccc4)(C3)C2)nc1. The molecule has 4 nitrogen and oxygen atoms in total. The van der Waals surface area contributed by atoms with Gasteiger partial charge in [0, 0.05) is 12.7 Å². The molecule has 1 aromatic carbocycles. The van der Waals surface area contributed by atoms with Crippen LogP contribution in [-0.2, 0) is 10.2 Å². The van der Waals surface area contributed by atoms with Crippen molar-refractivity contribution in [2.75, 3.05) is 19.0 Å². The number of nitrogens with zero attached hydrogens (tertiary/aromatic N) is 1. The van der Waals surface area contributed by atoms with Gasteiger partial charge in [-0.1, -0.05) is 44.2 Å². The highest BCUT2D eigenvalue weighted by atomic mass is 16.5. The standard InChI is InChI=1S/C25H32N2O2/c1-18-11-19-13-24(2,16-25(12-18,14-19)21-7-5-4-6-8-21)17-27-22-10-9-20(15-26-22)23(28)29-3/h4-10,15,18-19H,11-14,16-17H2,1-3H3,(H,26,27). The normalized spacial score (nSPS) is 31.1. The molecule has 2 fully saturated rings. The fourth-order valence-corrected chi connectivity index (χ4v) is 6.23. The number of benzene rings is 1. The van der Waals surface area contributed by atoms with Crippen LogP contribution in [0.3, 0.4) is 0 Å². The van der Waals surface area contributed by atoms with Crippen molar-refractivity contribution < 1.29 is 9.53 Å². The van der Waals surface area contributed by atoms with Gasteiger partial charge in [0.05, 0.1) is 12.7 Å². The van der Waals surface area contributed by atoms with E-state index in [2.05, 4.69) is 54.5 Å². The molecule has 4 heteroatoms. The van der Waals surface area contributed by atoms with Crippen molar-refractivity contribution in [1.82, 2.24) is 4.98 Å². The van der Waals surface area contributed by atoms with Gasteiger partial charge in [-0.05, 0) is 72.5 Å². The zero-order chi connectivity index (χ0) is 20.5. The first-order valence-electron chi connectivity index (χ1n) is 10.8. The van der Waals surface area contributed by atoms with E-state index in [0.717, 1.165) is 24.2 Å². The molecule has 0 amide bonds. The Labute approximate surface area is 174 Å². The molecule has 0 saturated heterocycles. The van der Waals surface area contributed by atoms with Crippen molar-refractivity contribution in [3.8, 4) is 0 Å². The number of hydrogen-bond donors (Lipinski definition) is 1. The number of hydrogen-bond acceptors (Lipinski definition) is 4. The zero-order valence-corrected chi connectivity index (χ0v) is 17.8. The smallest absolute Gasteiger partial charge is 0.339 e. The maximum absolute atomic E-state index is 11.6. The molecule has 0 aliphatic heterocycles. The molecule has 2 aliphatic carbocycles. The van der Waals surface area contributed by atoms with Gasteiger partial charge in [-0.3, -0.25) is 0 Å². The summed E-state index contributed by atoms with van der Waals surface area (Å²) in [6.07, 6.45) is 8.00. The predicted molar refractivity (Wildman–Crippen MR) is 116 cm³/mol. The number of carbonyl (C=O) groups excluding carboxylic acids is 1. The van der Waals surface area contributed by atoms with Gasteiger partial charge < -0.3 is 10.1 Å². The van der Waals surface area contributed by atoms with E-state index in [0.29, 0.717) is 11.0 Å². The highest BCUT2D eigenvalue weighted by Gasteiger charge is 2.50. The minimum absolute atomic E-state index is 0.224. The van der Waals surface area contributed by atoms with Crippen molar-refractivity contribution in [1.29, 1.82) is 0 Å². The molecule has 4 atom stereocenters. The second-order valence-corrected chi connectivity index (χ2v) is 9.73. The van der Waals surface area contributed by atoms with Gasteiger partial charge in [-0.2, -0.15) is 0 Å². The molecular weight excluding hydrogens is 360 g/mol. The molecule has 29 heavy (non-hydrogen) atoms. The van der Waals surface area contributed by atoms with Crippen LogP contribution in [0.4, 0.5) is 5.82 Å². The van der Waals surface area contributed by atoms with Crippen LogP contribution in [0.2, 0.25) is 0 Å². The van der Waals surface area contributed by atoms with E-state index in [1.807, 2.05) is 6.07 Å². The van der Waals surface area contributed by atoms with E-state index >= 15 is 0 Å². The van der Waals surface area contributed by atoms with Crippen LogP contribution in [0.5, 0.6) is 0 Å². The Bertz CT molecular complexity index is 847. The second kappa shape index (κ2) is 7.81. The van der Waals surface area contributed by atoms with E-state index in [4.69, 9.17) is 4.74 Å². The largest absolute Gasteiger partial charge is 0.465 e. The lowest BCUT2D eigenvalue weighted by Gasteiger charge is -2.55. The summed E-state index contributed by atoms with van der Waals surface area (Å²) >= 11 is 0. The third kappa shape index (κ3) is 4.17.